The van der Waals surface area contributed by atoms with Crippen molar-refractivity contribution in [2.75, 3.05) is 12.4 Å². The normalized spacial score (nSPS) is 18.2. The van der Waals surface area contributed by atoms with Gasteiger partial charge < -0.3 is 21.1 Å². The first-order valence-corrected chi connectivity index (χ1v) is 8.47. The van der Waals surface area contributed by atoms with Gasteiger partial charge in [-0.05, 0) is 36.1 Å². The second-order valence-corrected chi connectivity index (χ2v) is 6.45. The van der Waals surface area contributed by atoms with E-state index in [4.69, 9.17) is 10.5 Å². The SMILES string of the molecule is COc1cccc2c1C(NC1=C(C(N)=O)Cc3ccccc3N1)CC2. The minimum absolute atomic E-state index is 0.0910. The summed E-state index contributed by atoms with van der Waals surface area (Å²) in [6, 6.07) is 14.2. The van der Waals surface area contributed by atoms with Crippen LogP contribution in [0.4, 0.5) is 5.69 Å². The Morgan fingerprint density at radius 1 is 1.20 bits per heavy atom. The lowest BCUT2D eigenvalue weighted by atomic mass is 9.98. The zero-order valence-corrected chi connectivity index (χ0v) is 14.1. The first-order valence-electron chi connectivity index (χ1n) is 8.47. The van der Waals surface area contributed by atoms with Crippen LogP contribution in [0.3, 0.4) is 0 Å². The zero-order valence-electron chi connectivity index (χ0n) is 14.1. The molecule has 4 rings (SSSR count). The number of amides is 1. The van der Waals surface area contributed by atoms with Crippen LogP contribution in [0, 0.1) is 0 Å². The predicted octanol–water partition coefficient (Wildman–Crippen LogP) is 2.64. The number of aryl methyl sites for hydroxylation is 1. The molecule has 1 atom stereocenters. The van der Waals surface area contributed by atoms with E-state index < -0.39 is 5.91 Å². The summed E-state index contributed by atoms with van der Waals surface area (Å²) in [4.78, 5) is 12.0. The number of methoxy groups -OCH3 is 1. The Morgan fingerprint density at radius 2 is 2.00 bits per heavy atom. The highest BCUT2D eigenvalue weighted by Crippen LogP contribution is 2.39. The molecule has 1 heterocycles. The number of ether oxygens (including phenoxy) is 1. The number of hydrogen-bond acceptors (Lipinski definition) is 4. The lowest BCUT2D eigenvalue weighted by molar-refractivity contribution is -0.114. The number of rotatable bonds is 4. The molecular formula is C20H21N3O2. The smallest absolute Gasteiger partial charge is 0.248 e. The van der Waals surface area contributed by atoms with Crippen LogP contribution in [0.5, 0.6) is 5.75 Å². The van der Waals surface area contributed by atoms with Crippen LogP contribution >= 0.6 is 0 Å². The predicted molar refractivity (Wildman–Crippen MR) is 97.2 cm³/mol. The molecule has 1 amide bonds. The summed E-state index contributed by atoms with van der Waals surface area (Å²) in [7, 11) is 1.69. The molecule has 0 spiro atoms. The molecule has 5 nitrogen and oxygen atoms in total. The average Bonchev–Trinajstić information content (AvgIpc) is 3.04. The maximum Gasteiger partial charge on any atom is 0.248 e. The molecule has 2 aromatic rings. The van der Waals surface area contributed by atoms with Crippen LogP contribution in [-0.2, 0) is 17.6 Å². The standard InChI is InChI=1S/C20H21N3O2/c1-25-17-8-4-6-12-9-10-16(18(12)17)23-20-14(19(21)24)11-13-5-2-3-7-15(13)22-20/h2-8,16,22-23H,9-11H2,1H3,(H2,21,24). The van der Waals surface area contributed by atoms with Crippen LogP contribution < -0.4 is 21.1 Å². The van der Waals surface area contributed by atoms with E-state index in [2.05, 4.69) is 16.7 Å². The summed E-state index contributed by atoms with van der Waals surface area (Å²) in [5, 5.41) is 6.86. The summed E-state index contributed by atoms with van der Waals surface area (Å²) in [5.41, 5.74) is 10.8. The van der Waals surface area contributed by atoms with Crippen molar-refractivity contribution in [1.82, 2.24) is 5.32 Å². The molecule has 0 fully saturated rings. The quantitative estimate of drug-likeness (QED) is 0.803. The van der Waals surface area contributed by atoms with Gasteiger partial charge in [-0.1, -0.05) is 30.3 Å². The topological polar surface area (TPSA) is 76.4 Å². The number of carbonyl (C=O) groups is 1. The Hall–Kier alpha value is -2.95. The fraction of sp³-hybridized carbons (Fsp3) is 0.250. The second kappa shape index (κ2) is 6.16. The summed E-state index contributed by atoms with van der Waals surface area (Å²) in [6.07, 6.45) is 2.47. The molecule has 128 valence electrons. The molecular weight excluding hydrogens is 314 g/mol. The van der Waals surface area contributed by atoms with Crippen LogP contribution in [0.2, 0.25) is 0 Å². The van der Waals surface area contributed by atoms with Crippen molar-refractivity contribution in [3.63, 3.8) is 0 Å². The van der Waals surface area contributed by atoms with Gasteiger partial charge in [-0.25, -0.2) is 0 Å². The van der Waals surface area contributed by atoms with Gasteiger partial charge in [-0.3, -0.25) is 4.79 Å². The molecule has 0 aromatic heterocycles. The number of carbonyl (C=O) groups excluding carboxylic acids is 1. The highest BCUT2D eigenvalue weighted by atomic mass is 16.5. The third-order valence-electron chi connectivity index (χ3n) is 4.99. The van der Waals surface area contributed by atoms with Crippen molar-refractivity contribution in [3.8, 4) is 5.75 Å². The first kappa shape index (κ1) is 15.6. The van der Waals surface area contributed by atoms with Gasteiger partial charge in [0.15, 0.2) is 0 Å². The Bertz CT molecular complexity index is 873. The van der Waals surface area contributed by atoms with Crippen LogP contribution in [0.25, 0.3) is 0 Å². The van der Waals surface area contributed by atoms with Crippen molar-refractivity contribution < 1.29 is 9.53 Å². The zero-order chi connectivity index (χ0) is 17.4. The molecule has 1 unspecified atom stereocenters. The lowest BCUT2D eigenvalue weighted by Gasteiger charge is -2.27. The highest BCUT2D eigenvalue weighted by molar-refractivity contribution is 5.95. The molecule has 0 radical (unpaired) electrons. The first-order chi connectivity index (χ1) is 12.2. The van der Waals surface area contributed by atoms with E-state index in [1.807, 2.05) is 36.4 Å². The largest absolute Gasteiger partial charge is 0.496 e. The maximum absolute atomic E-state index is 12.0. The molecule has 0 saturated carbocycles. The Balaban J connectivity index is 1.68. The lowest BCUT2D eigenvalue weighted by Crippen LogP contribution is -2.32. The Morgan fingerprint density at radius 3 is 2.80 bits per heavy atom. The van der Waals surface area contributed by atoms with Crippen LogP contribution in [0.1, 0.15) is 29.2 Å². The molecule has 5 heteroatoms. The van der Waals surface area contributed by atoms with E-state index >= 15 is 0 Å². The molecule has 1 aliphatic carbocycles. The van der Waals surface area contributed by atoms with Crippen molar-refractivity contribution in [2.45, 2.75) is 25.3 Å². The number of nitrogens with one attached hydrogen (secondary N) is 2. The minimum atomic E-state index is -0.400. The van der Waals surface area contributed by atoms with Gasteiger partial charge in [0.25, 0.3) is 0 Å². The maximum atomic E-state index is 12.0. The van der Waals surface area contributed by atoms with E-state index in [0.717, 1.165) is 29.8 Å². The Kier molecular flexibility index (Phi) is 3.84. The molecule has 0 saturated heterocycles. The van der Waals surface area contributed by atoms with Crippen molar-refractivity contribution in [3.05, 3.63) is 70.5 Å². The fourth-order valence-electron chi connectivity index (χ4n) is 3.76. The van der Waals surface area contributed by atoms with Gasteiger partial charge in [0.1, 0.15) is 11.6 Å². The summed E-state index contributed by atoms with van der Waals surface area (Å²) in [6.45, 7) is 0. The summed E-state index contributed by atoms with van der Waals surface area (Å²) in [5.74, 6) is 1.18. The third-order valence-corrected chi connectivity index (χ3v) is 4.99. The van der Waals surface area contributed by atoms with Gasteiger partial charge in [0, 0.05) is 17.7 Å². The summed E-state index contributed by atoms with van der Waals surface area (Å²) >= 11 is 0. The number of fused-ring (bicyclic) bond motifs is 2. The van der Waals surface area contributed by atoms with E-state index in [9.17, 15) is 4.79 Å². The van der Waals surface area contributed by atoms with Gasteiger partial charge in [0.05, 0.1) is 18.7 Å². The van der Waals surface area contributed by atoms with E-state index in [-0.39, 0.29) is 6.04 Å². The number of anilines is 1. The van der Waals surface area contributed by atoms with Gasteiger partial charge in [-0.2, -0.15) is 0 Å². The summed E-state index contributed by atoms with van der Waals surface area (Å²) < 4.78 is 5.54. The number of hydrogen-bond donors (Lipinski definition) is 3. The minimum Gasteiger partial charge on any atom is -0.496 e. The second-order valence-electron chi connectivity index (χ2n) is 6.45. The van der Waals surface area contributed by atoms with Crippen LogP contribution in [0.15, 0.2) is 53.9 Å². The monoisotopic (exact) mass is 335 g/mol. The molecule has 1 aliphatic heterocycles. The van der Waals surface area contributed by atoms with Gasteiger partial charge >= 0.3 is 0 Å². The van der Waals surface area contributed by atoms with E-state index in [0.29, 0.717) is 17.8 Å². The van der Waals surface area contributed by atoms with E-state index in [1.165, 1.54) is 11.1 Å². The van der Waals surface area contributed by atoms with Gasteiger partial charge in [-0.15, -0.1) is 0 Å². The molecule has 0 bridgehead atoms. The molecule has 4 N–H and O–H groups in total. The van der Waals surface area contributed by atoms with Crippen LogP contribution in [-0.4, -0.2) is 13.0 Å². The average molecular weight is 335 g/mol. The molecule has 25 heavy (non-hydrogen) atoms. The van der Waals surface area contributed by atoms with E-state index in [1.54, 1.807) is 7.11 Å². The molecule has 2 aliphatic rings. The number of nitrogens with two attached hydrogens (primary N) is 1. The third kappa shape index (κ3) is 2.71. The number of para-hydroxylation sites is 1. The van der Waals surface area contributed by atoms with Crippen molar-refractivity contribution in [1.29, 1.82) is 0 Å². The fourth-order valence-corrected chi connectivity index (χ4v) is 3.76. The van der Waals surface area contributed by atoms with Crippen molar-refractivity contribution >= 4 is 11.6 Å². The molecule has 2 aromatic carbocycles. The number of primary amides is 1. The Labute approximate surface area is 146 Å². The van der Waals surface area contributed by atoms with Crippen molar-refractivity contribution in [2.24, 2.45) is 5.73 Å². The number of benzene rings is 2. The highest BCUT2D eigenvalue weighted by Gasteiger charge is 2.29. The van der Waals surface area contributed by atoms with Gasteiger partial charge in [0.2, 0.25) is 5.91 Å².